The van der Waals surface area contributed by atoms with Crippen LogP contribution < -0.4 is 5.73 Å². The van der Waals surface area contributed by atoms with Crippen LogP contribution in [0.5, 0.6) is 0 Å². The zero-order valence-electron chi connectivity index (χ0n) is 11.1. The van der Waals surface area contributed by atoms with Gasteiger partial charge in [0.15, 0.2) is 0 Å². The van der Waals surface area contributed by atoms with Gasteiger partial charge >= 0.3 is 0 Å². The number of benzene rings is 1. The fourth-order valence-electron chi connectivity index (χ4n) is 2.29. The second kappa shape index (κ2) is 7.52. The van der Waals surface area contributed by atoms with E-state index in [0.717, 1.165) is 58.7 Å². The molecule has 2 rings (SSSR count). The Morgan fingerprint density at radius 1 is 1.00 bits per heavy atom. The first kappa shape index (κ1) is 13.5. The van der Waals surface area contributed by atoms with Crippen molar-refractivity contribution in [3.8, 4) is 0 Å². The van der Waals surface area contributed by atoms with Crippen molar-refractivity contribution in [2.45, 2.75) is 19.3 Å². The highest BCUT2D eigenvalue weighted by molar-refractivity contribution is 5.22. The van der Waals surface area contributed by atoms with Gasteiger partial charge in [0.2, 0.25) is 0 Å². The molecule has 18 heavy (non-hydrogen) atoms. The van der Waals surface area contributed by atoms with Gasteiger partial charge in [-0.2, -0.15) is 0 Å². The van der Waals surface area contributed by atoms with Crippen LogP contribution >= 0.6 is 0 Å². The number of hydrogen-bond acceptors (Lipinski definition) is 3. The normalized spacial score (nSPS) is 16.9. The van der Waals surface area contributed by atoms with E-state index in [1.165, 1.54) is 11.1 Å². The first-order valence-electron chi connectivity index (χ1n) is 6.96. The molecule has 1 fully saturated rings. The molecule has 0 aromatic heterocycles. The number of rotatable bonds is 6. The van der Waals surface area contributed by atoms with Crippen molar-refractivity contribution >= 4 is 0 Å². The smallest absolute Gasteiger partial charge is 0.0594 e. The molecule has 0 aliphatic carbocycles. The molecule has 2 N–H and O–H groups in total. The predicted molar refractivity (Wildman–Crippen MR) is 74.8 cm³/mol. The minimum Gasteiger partial charge on any atom is -0.379 e. The summed E-state index contributed by atoms with van der Waals surface area (Å²) < 4.78 is 5.35. The standard InChI is InChI=1S/C15H24N2O/c16-8-1-2-14-3-5-15(6-4-14)7-9-17-10-12-18-13-11-17/h3-6H,1-2,7-13,16H2. The first-order valence-corrected chi connectivity index (χ1v) is 6.96. The molecule has 1 aromatic rings. The fourth-order valence-corrected chi connectivity index (χ4v) is 2.29. The van der Waals surface area contributed by atoms with Crippen LogP contribution in [0.25, 0.3) is 0 Å². The third-order valence-corrected chi connectivity index (χ3v) is 3.51. The molecule has 1 saturated heterocycles. The van der Waals surface area contributed by atoms with Crippen LogP contribution in [-0.2, 0) is 17.6 Å². The first-order chi connectivity index (χ1) is 8.88. The summed E-state index contributed by atoms with van der Waals surface area (Å²) in [5.74, 6) is 0. The number of aryl methyl sites for hydroxylation is 1. The zero-order valence-corrected chi connectivity index (χ0v) is 11.1. The maximum atomic E-state index is 5.52. The highest BCUT2D eigenvalue weighted by Crippen LogP contribution is 2.08. The van der Waals surface area contributed by atoms with E-state index in [1.807, 2.05) is 0 Å². The molecule has 0 saturated carbocycles. The van der Waals surface area contributed by atoms with Crippen LogP contribution in [0.4, 0.5) is 0 Å². The Balaban J connectivity index is 1.75. The number of nitrogens with two attached hydrogens (primary N) is 1. The molecule has 0 atom stereocenters. The highest BCUT2D eigenvalue weighted by Gasteiger charge is 2.09. The summed E-state index contributed by atoms with van der Waals surface area (Å²) in [4.78, 5) is 2.48. The lowest BCUT2D eigenvalue weighted by Gasteiger charge is -2.26. The summed E-state index contributed by atoms with van der Waals surface area (Å²) in [6.45, 7) is 5.85. The second-order valence-corrected chi connectivity index (χ2v) is 4.91. The fraction of sp³-hybridized carbons (Fsp3) is 0.600. The van der Waals surface area contributed by atoms with Gasteiger partial charge in [0.1, 0.15) is 0 Å². The van der Waals surface area contributed by atoms with Crippen molar-refractivity contribution in [2.75, 3.05) is 39.4 Å². The minimum atomic E-state index is 0.777. The molecule has 0 radical (unpaired) electrons. The third kappa shape index (κ3) is 4.41. The Hall–Kier alpha value is -0.900. The maximum absolute atomic E-state index is 5.52. The molecule has 1 heterocycles. The van der Waals surface area contributed by atoms with E-state index in [4.69, 9.17) is 10.5 Å². The van der Waals surface area contributed by atoms with Gasteiger partial charge in [-0.1, -0.05) is 24.3 Å². The molecule has 0 unspecified atom stereocenters. The molecule has 1 aliphatic rings. The number of nitrogens with zero attached hydrogens (tertiary/aromatic N) is 1. The van der Waals surface area contributed by atoms with E-state index >= 15 is 0 Å². The summed E-state index contributed by atoms with van der Waals surface area (Å²) in [5, 5.41) is 0. The lowest BCUT2D eigenvalue weighted by molar-refractivity contribution is 0.0384. The highest BCUT2D eigenvalue weighted by atomic mass is 16.5. The quantitative estimate of drug-likeness (QED) is 0.828. The lowest BCUT2D eigenvalue weighted by atomic mass is 10.1. The Morgan fingerprint density at radius 2 is 1.61 bits per heavy atom. The predicted octanol–water partition coefficient (Wildman–Crippen LogP) is 1.45. The largest absolute Gasteiger partial charge is 0.379 e. The summed E-state index contributed by atoms with van der Waals surface area (Å²) in [5.41, 5.74) is 8.35. The lowest BCUT2D eigenvalue weighted by Crippen LogP contribution is -2.37. The molecule has 3 nitrogen and oxygen atoms in total. The average Bonchev–Trinajstić information content (AvgIpc) is 2.45. The van der Waals surface area contributed by atoms with Crippen molar-refractivity contribution in [3.05, 3.63) is 35.4 Å². The van der Waals surface area contributed by atoms with E-state index in [2.05, 4.69) is 29.2 Å². The van der Waals surface area contributed by atoms with Gasteiger partial charge in [-0.25, -0.2) is 0 Å². The van der Waals surface area contributed by atoms with Gasteiger partial charge < -0.3 is 10.5 Å². The van der Waals surface area contributed by atoms with Gasteiger partial charge in [0.05, 0.1) is 13.2 Å². The van der Waals surface area contributed by atoms with Crippen LogP contribution in [0.2, 0.25) is 0 Å². The average molecular weight is 248 g/mol. The molecule has 0 bridgehead atoms. The van der Waals surface area contributed by atoms with Gasteiger partial charge in [-0.15, -0.1) is 0 Å². The molecule has 0 amide bonds. The van der Waals surface area contributed by atoms with Crippen molar-refractivity contribution < 1.29 is 4.74 Å². The molecule has 100 valence electrons. The molecule has 1 aliphatic heterocycles. The Bertz CT molecular complexity index is 331. The maximum Gasteiger partial charge on any atom is 0.0594 e. The number of morpholine rings is 1. The van der Waals surface area contributed by atoms with Crippen LogP contribution in [0.3, 0.4) is 0 Å². The molecule has 0 spiro atoms. The number of ether oxygens (including phenoxy) is 1. The SMILES string of the molecule is NCCCc1ccc(CCN2CCOCC2)cc1. The van der Waals surface area contributed by atoms with E-state index in [0.29, 0.717) is 0 Å². The molecular formula is C15H24N2O. The summed E-state index contributed by atoms with van der Waals surface area (Å²) >= 11 is 0. The van der Waals surface area contributed by atoms with Crippen molar-refractivity contribution in [2.24, 2.45) is 5.73 Å². The van der Waals surface area contributed by atoms with E-state index in [1.54, 1.807) is 0 Å². The van der Waals surface area contributed by atoms with Gasteiger partial charge in [-0.05, 0) is 36.9 Å². The third-order valence-electron chi connectivity index (χ3n) is 3.51. The monoisotopic (exact) mass is 248 g/mol. The van der Waals surface area contributed by atoms with E-state index in [-0.39, 0.29) is 0 Å². The molecular weight excluding hydrogens is 224 g/mol. The van der Waals surface area contributed by atoms with Crippen LogP contribution in [0.1, 0.15) is 17.5 Å². The zero-order chi connectivity index (χ0) is 12.6. The minimum absolute atomic E-state index is 0.777. The molecule has 1 aromatic carbocycles. The topological polar surface area (TPSA) is 38.5 Å². The van der Waals surface area contributed by atoms with Crippen molar-refractivity contribution in [3.63, 3.8) is 0 Å². The summed E-state index contributed by atoms with van der Waals surface area (Å²) in [6, 6.07) is 8.99. The summed E-state index contributed by atoms with van der Waals surface area (Å²) in [7, 11) is 0. The van der Waals surface area contributed by atoms with Crippen LogP contribution in [-0.4, -0.2) is 44.3 Å². The number of hydrogen-bond donors (Lipinski definition) is 1. The van der Waals surface area contributed by atoms with E-state index < -0.39 is 0 Å². The Labute approximate surface area is 110 Å². The van der Waals surface area contributed by atoms with Gasteiger partial charge in [0, 0.05) is 19.6 Å². The molecule has 3 heteroatoms. The van der Waals surface area contributed by atoms with Gasteiger partial charge in [-0.3, -0.25) is 4.90 Å². The van der Waals surface area contributed by atoms with Gasteiger partial charge in [0.25, 0.3) is 0 Å². The van der Waals surface area contributed by atoms with E-state index in [9.17, 15) is 0 Å². The van der Waals surface area contributed by atoms with Crippen LogP contribution in [0.15, 0.2) is 24.3 Å². The Morgan fingerprint density at radius 3 is 2.22 bits per heavy atom. The Kier molecular flexibility index (Phi) is 5.65. The van der Waals surface area contributed by atoms with Crippen molar-refractivity contribution in [1.29, 1.82) is 0 Å². The van der Waals surface area contributed by atoms with Crippen molar-refractivity contribution in [1.82, 2.24) is 4.90 Å². The summed E-state index contributed by atoms with van der Waals surface area (Å²) in [6.07, 6.45) is 3.31. The van der Waals surface area contributed by atoms with Crippen LogP contribution in [0, 0.1) is 0 Å². The second-order valence-electron chi connectivity index (χ2n) is 4.91.